The number of carbonyl (C=O) groups is 1. The number of ether oxygens (including phenoxy) is 2. The number of hydrogen-bond donors (Lipinski definition) is 4. The Morgan fingerprint density at radius 3 is 2.64 bits per heavy atom. The Morgan fingerprint density at radius 1 is 1.21 bits per heavy atom. The number of esters is 1. The van der Waals surface area contributed by atoms with Crippen LogP contribution in [0.3, 0.4) is 0 Å². The van der Waals surface area contributed by atoms with E-state index >= 15 is 4.39 Å². The molecule has 7 atom stereocenters. The smallest absolute Gasteiger partial charge is 0.323 e. The number of imidazole rings is 1. The molecule has 1 aliphatic rings. The Balaban J connectivity index is 1.41. The minimum absolute atomic E-state index is 0.0145. The van der Waals surface area contributed by atoms with Gasteiger partial charge in [-0.05, 0) is 42.5 Å². The number of hydrogen-bond acceptors (Lipinski definition) is 12. The van der Waals surface area contributed by atoms with Gasteiger partial charge in [0, 0.05) is 12.4 Å². The van der Waals surface area contributed by atoms with Crippen LogP contribution < -0.4 is 20.7 Å². The zero-order chi connectivity index (χ0) is 34.1. The minimum atomic E-state index is -3.55. The lowest BCUT2D eigenvalue weighted by Crippen LogP contribution is -2.38. The zero-order valence-electron chi connectivity index (χ0n) is 27.1. The van der Waals surface area contributed by atoms with Crippen molar-refractivity contribution in [2.75, 3.05) is 31.3 Å². The fourth-order valence-electron chi connectivity index (χ4n) is 5.32. The summed E-state index contributed by atoms with van der Waals surface area (Å²) in [5, 5.41) is 19.0. The maximum Gasteiger partial charge on any atom is 0.323 e. The van der Waals surface area contributed by atoms with Crippen LogP contribution in [0.5, 0.6) is 5.75 Å². The van der Waals surface area contributed by atoms with Crippen molar-refractivity contribution in [2.24, 2.45) is 11.3 Å². The predicted octanol–water partition coefficient (Wildman–Crippen LogP) is 4.72. The van der Waals surface area contributed by atoms with Gasteiger partial charge in [-0.2, -0.15) is 9.97 Å². The number of alkyl halides is 1. The first-order valence-corrected chi connectivity index (χ1v) is 17.9. The monoisotopic (exact) mass is 689 g/mol. The van der Waals surface area contributed by atoms with Crippen LogP contribution in [0.2, 0.25) is 0 Å². The van der Waals surface area contributed by atoms with Gasteiger partial charge in [0.2, 0.25) is 5.95 Å². The summed E-state index contributed by atoms with van der Waals surface area (Å²) in [7, 11) is 1.67. The number of anilines is 2. The Kier molecular flexibility index (Phi) is 10.3. The lowest BCUT2D eigenvalue weighted by atomic mass is 9.95. The quantitative estimate of drug-likeness (QED) is 0.119. The fourth-order valence-corrected chi connectivity index (χ4v) is 7.74. The molecule has 5 rings (SSSR count). The number of rotatable bonds is 12. The maximum atomic E-state index is 15.1. The first-order chi connectivity index (χ1) is 22.2. The van der Waals surface area contributed by atoms with E-state index in [1.54, 1.807) is 20.0 Å². The number of nitrogens with zero attached hydrogens (tertiary/aromatic N) is 4. The maximum absolute atomic E-state index is 15.1. The molecule has 0 amide bonds. The van der Waals surface area contributed by atoms with Crippen molar-refractivity contribution in [1.82, 2.24) is 24.6 Å². The van der Waals surface area contributed by atoms with E-state index in [0.29, 0.717) is 22.7 Å². The van der Waals surface area contributed by atoms with Crippen LogP contribution in [-0.4, -0.2) is 75.3 Å². The molecule has 254 valence electrons. The molecule has 16 heteroatoms. The van der Waals surface area contributed by atoms with E-state index < -0.39 is 49.2 Å². The van der Waals surface area contributed by atoms with Crippen molar-refractivity contribution >= 4 is 58.1 Å². The van der Waals surface area contributed by atoms with Crippen molar-refractivity contribution in [2.45, 2.75) is 65.3 Å². The number of benzene rings is 2. The average molecular weight is 690 g/mol. The van der Waals surface area contributed by atoms with Crippen molar-refractivity contribution < 1.29 is 32.8 Å². The molecule has 4 aromatic rings. The lowest BCUT2D eigenvalue weighted by molar-refractivity contribution is -0.148. The Bertz CT molecular complexity index is 1780. The van der Waals surface area contributed by atoms with E-state index in [1.807, 2.05) is 57.2 Å². The largest absolute Gasteiger partial charge is 0.464 e. The van der Waals surface area contributed by atoms with Gasteiger partial charge in [-0.1, -0.05) is 57.2 Å². The number of aliphatic hydroxyl groups is 1. The second kappa shape index (κ2) is 14.0. The standard InChI is InChI=1S/C31H41FN7O6PS/c1-17(32)23-25(40)22(44-28(23)39-16-35-24-26(34-6)36-30(33)37-27(24)39)14-43-46(47,38-18(2)29(41)42-15-31(3,4)5)45-21-13-9-11-19-10-7-8-12-20(19)21/h7-13,16-18,22-23,25,28,40H,14-15H2,1-6H3,(H,38,47)(H3,33,34,36,37)/t17-,18+,22?,23?,25+,28?,46+/m0/s1. The van der Waals surface area contributed by atoms with Crippen LogP contribution in [0.25, 0.3) is 21.9 Å². The number of nitrogens with one attached hydrogen (secondary N) is 2. The molecule has 5 N–H and O–H groups in total. The van der Waals surface area contributed by atoms with Crippen LogP contribution in [0.1, 0.15) is 40.8 Å². The van der Waals surface area contributed by atoms with Crippen molar-refractivity contribution in [1.29, 1.82) is 0 Å². The highest BCUT2D eigenvalue weighted by Crippen LogP contribution is 2.49. The van der Waals surface area contributed by atoms with Gasteiger partial charge in [-0.3, -0.25) is 9.36 Å². The summed E-state index contributed by atoms with van der Waals surface area (Å²) in [6.45, 7) is 5.18. The van der Waals surface area contributed by atoms with E-state index in [2.05, 4.69) is 25.4 Å². The van der Waals surface area contributed by atoms with Gasteiger partial charge in [0.05, 0.1) is 31.6 Å². The highest BCUT2D eigenvalue weighted by molar-refractivity contribution is 8.09. The van der Waals surface area contributed by atoms with Crippen LogP contribution in [-0.2, 0) is 30.6 Å². The number of carbonyl (C=O) groups excluding carboxylic acids is 1. The number of aliphatic hydroxyl groups excluding tert-OH is 1. The summed E-state index contributed by atoms with van der Waals surface area (Å²) in [4.78, 5) is 25.8. The number of aromatic nitrogens is 4. The van der Waals surface area contributed by atoms with Crippen LogP contribution in [0.15, 0.2) is 48.8 Å². The third kappa shape index (κ3) is 7.82. The highest BCUT2D eigenvalue weighted by atomic mass is 32.5. The van der Waals surface area contributed by atoms with Gasteiger partial charge >= 0.3 is 12.6 Å². The normalized spacial score (nSPS) is 22.6. The van der Waals surface area contributed by atoms with E-state index in [0.717, 1.165) is 10.8 Å². The molecular weight excluding hydrogens is 648 g/mol. The molecule has 0 aliphatic carbocycles. The Hall–Kier alpha value is -3.46. The Morgan fingerprint density at radius 2 is 1.94 bits per heavy atom. The molecule has 0 bridgehead atoms. The molecule has 47 heavy (non-hydrogen) atoms. The summed E-state index contributed by atoms with van der Waals surface area (Å²) in [6.07, 6.45) is -3.41. The summed E-state index contributed by atoms with van der Waals surface area (Å²) >= 11 is 5.95. The van der Waals surface area contributed by atoms with Crippen LogP contribution >= 0.6 is 6.64 Å². The second-order valence-corrected chi connectivity index (χ2v) is 15.8. The average Bonchev–Trinajstić information content (AvgIpc) is 3.58. The predicted molar refractivity (Wildman–Crippen MR) is 181 cm³/mol. The molecule has 0 saturated carbocycles. The van der Waals surface area contributed by atoms with Crippen molar-refractivity contribution in [3.05, 3.63) is 48.8 Å². The number of fused-ring (bicyclic) bond motifs is 2. The molecule has 1 aliphatic heterocycles. The number of nitrogen functional groups attached to an aromatic ring is 1. The molecule has 2 aromatic heterocycles. The molecule has 0 radical (unpaired) electrons. The third-order valence-electron chi connectivity index (χ3n) is 7.63. The van der Waals surface area contributed by atoms with Crippen molar-refractivity contribution in [3.8, 4) is 5.75 Å². The van der Waals surface area contributed by atoms with Gasteiger partial charge in [0.1, 0.15) is 30.3 Å². The van der Waals surface area contributed by atoms with Gasteiger partial charge in [-0.15, -0.1) is 0 Å². The van der Waals surface area contributed by atoms with E-state index in [9.17, 15) is 9.90 Å². The minimum Gasteiger partial charge on any atom is -0.464 e. The Labute approximate surface area is 277 Å². The second-order valence-electron chi connectivity index (χ2n) is 12.7. The molecular formula is C31H41FN7O6PS. The van der Waals surface area contributed by atoms with Gasteiger partial charge in [0.15, 0.2) is 17.0 Å². The summed E-state index contributed by atoms with van der Waals surface area (Å²) < 4.78 is 41.0. The summed E-state index contributed by atoms with van der Waals surface area (Å²) in [6, 6.07) is 12.2. The molecule has 0 spiro atoms. The highest BCUT2D eigenvalue weighted by Gasteiger charge is 2.49. The summed E-state index contributed by atoms with van der Waals surface area (Å²) in [5.74, 6) is -0.734. The van der Waals surface area contributed by atoms with E-state index in [4.69, 9.17) is 36.1 Å². The van der Waals surface area contributed by atoms with Crippen LogP contribution in [0.4, 0.5) is 16.2 Å². The van der Waals surface area contributed by atoms with Gasteiger partial charge in [-0.25, -0.2) is 14.5 Å². The fraction of sp³-hybridized carbons (Fsp3) is 0.484. The molecule has 2 aromatic carbocycles. The first kappa shape index (κ1) is 34.9. The van der Waals surface area contributed by atoms with E-state index in [-0.39, 0.29) is 24.6 Å². The molecule has 1 saturated heterocycles. The topological polar surface area (TPSA) is 168 Å². The first-order valence-electron chi connectivity index (χ1n) is 15.2. The molecule has 3 unspecified atom stereocenters. The number of nitrogens with two attached hydrogens (primary N) is 1. The van der Waals surface area contributed by atoms with Gasteiger partial charge in [0.25, 0.3) is 0 Å². The van der Waals surface area contributed by atoms with Crippen LogP contribution in [0, 0.1) is 11.3 Å². The van der Waals surface area contributed by atoms with Crippen molar-refractivity contribution in [3.63, 3.8) is 0 Å². The SMILES string of the molecule is CNc1nc(N)nc2c1ncn2C1OC(CO[P@](=S)(N[C@H](C)C(=O)OCC(C)(C)C)Oc2cccc3ccccc23)[C@@H](O)C1[C@H](C)F. The lowest BCUT2D eigenvalue weighted by Gasteiger charge is -2.29. The van der Waals surface area contributed by atoms with Gasteiger partial charge < -0.3 is 34.7 Å². The molecule has 1 fully saturated rings. The molecule has 3 heterocycles. The third-order valence-corrected chi connectivity index (χ3v) is 10.1. The zero-order valence-corrected chi connectivity index (χ0v) is 28.8. The van der Waals surface area contributed by atoms with E-state index in [1.165, 1.54) is 17.8 Å². The number of halogens is 1. The molecule has 13 nitrogen and oxygen atoms in total. The summed E-state index contributed by atoms with van der Waals surface area (Å²) in [5.41, 5.74) is 6.39.